The zero-order valence-corrected chi connectivity index (χ0v) is 14.3. The van der Waals surface area contributed by atoms with Crippen LogP contribution in [0.3, 0.4) is 0 Å². The number of nitrogens with zero attached hydrogens (tertiary/aromatic N) is 2. The molecule has 1 unspecified atom stereocenters. The van der Waals surface area contributed by atoms with Gasteiger partial charge in [-0.05, 0) is 52.8 Å². The number of rotatable bonds is 3. The fourth-order valence-corrected chi connectivity index (χ4v) is 3.38. The molecule has 1 aliphatic heterocycles. The number of aryl methyl sites for hydroxylation is 1. The van der Waals surface area contributed by atoms with Crippen LogP contribution in [0.5, 0.6) is 0 Å². The molecule has 0 aromatic carbocycles. The summed E-state index contributed by atoms with van der Waals surface area (Å²) >= 11 is 0. The summed E-state index contributed by atoms with van der Waals surface area (Å²) in [6, 6.07) is 0.541. The number of hydrogen-bond donors (Lipinski definition) is 1. The first-order chi connectivity index (χ1) is 10.3. The van der Waals surface area contributed by atoms with Crippen LogP contribution < -0.4 is 0 Å². The van der Waals surface area contributed by atoms with Gasteiger partial charge in [-0.25, -0.2) is 0 Å². The predicted octanol–water partition coefficient (Wildman–Crippen LogP) is 2.39. The van der Waals surface area contributed by atoms with E-state index < -0.39 is 0 Å². The maximum atomic E-state index is 12.9. The van der Waals surface area contributed by atoms with Crippen LogP contribution in [0, 0.1) is 13.8 Å². The van der Waals surface area contributed by atoms with Gasteiger partial charge in [0.2, 0.25) is 0 Å². The summed E-state index contributed by atoms with van der Waals surface area (Å²) < 4.78 is 0. The van der Waals surface area contributed by atoms with Crippen molar-refractivity contribution in [1.82, 2.24) is 14.8 Å². The molecule has 1 aromatic rings. The molecular formula is C17H27N3O2. The first kappa shape index (κ1) is 16.7. The summed E-state index contributed by atoms with van der Waals surface area (Å²) in [5.74, 6) is 0.0290. The molecule has 1 aromatic heterocycles. The number of likely N-dealkylation sites (tertiary alicyclic amines) is 1. The van der Waals surface area contributed by atoms with Gasteiger partial charge < -0.3 is 14.8 Å². The van der Waals surface area contributed by atoms with E-state index in [1.165, 1.54) is 6.92 Å². The molecule has 0 aliphatic carbocycles. The summed E-state index contributed by atoms with van der Waals surface area (Å²) in [5.41, 5.74) is 2.81. The zero-order valence-electron chi connectivity index (χ0n) is 14.3. The van der Waals surface area contributed by atoms with Crippen molar-refractivity contribution in [2.75, 3.05) is 27.2 Å². The van der Waals surface area contributed by atoms with Gasteiger partial charge >= 0.3 is 0 Å². The highest BCUT2D eigenvalue weighted by atomic mass is 16.2. The van der Waals surface area contributed by atoms with Crippen LogP contribution in [0.1, 0.15) is 58.3 Å². The number of aromatic amines is 1. The number of carbonyl (C=O) groups excluding carboxylic acids is 2. The molecular weight excluding hydrogens is 278 g/mol. The van der Waals surface area contributed by atoms with Crippen molar-refractivity contribution < 1.29 is 9.59 Å². The number of H-pyrrole nitrogens is 1. The number of aromatic nitrogens is 1. The summed E-state index contributed by atoms with van der Waals surface area (Å²) in [6.45, 7) is 6.82. The van der Waals surface area contributed by atoms with Crippen LogP contribution in [-0.2, 0) is 0 Å². The number of ketones is 1. The molecule has 0 spiro atoms. The maximum absolute atomic E-state index is 12.9. The SMILES string of the molecule is CC(=O)c1[nH]c(C)c(C(=O)N2CCCC(N(C)C)CC2)c1C. The van der Waals surface area contributed by atoms with Gasteiger partial charge in [0.1, 0.15) is 0 Å². The summed E-state index contributed by atoms with van der Waals surface area (Å²) in [4.78, 5) is 31.8. The van der Waals surface area contributed by atoms with Crippen molar-refractivity contribution in [3.8, 4) is 0 Å². The van der Waals surface area contributed by atoms with Crippen LogP contribution in [0.15, 0.2) is 0 Å². The average Bonchev–Trinajstić information content (AvgIpc) is 2.65. The van der Waals surface area contributed by atoms with Gasteiger partial charge in [-0.15, -0.1) is 0 Å². The summed E-state index contributed by atoms with van der Waals surface area (Å²) in [5, 5.41) is 0. The first-order valence-corrected chi connectivity index (χ1v) is 7.98. The lowest BCUT2D eigenvalue weighted by Gasteiger charge is -2.23. The molecule has 1 N–H and O–H groups in total. The monoisotopic (exact) mass is 305 g/mol. The molecule has 122 valence electrons. The van der Waals surface area contributed by atoms with Crippen LogP contribution in [0.4, 0.5) is 0 Å². The van der Waals surface area contributed by atoms with E-state index >= 15 is 0 Å². The number of carbonyl (C=O) groups is 2. The van der Waals surface area contributed by atoms with Gasteiger partial charge in [-0.3, -0.25) is 9.59 Å². The molecule has 1 fully saturated rings. The second-order valence-corrected chi connectivity index (χ2v) is 6.52. The van der Waals surface area contributed by atoms with Gasteiger partial charge in [0.05, 0.1) is 11.3 Å². The second kappa shape index (κ2) is 6.65. The fourth-order valence-electron chi connectivity index (χ4n) is 3.38. The lowest BCUT2D eigenvalue weighted by molar-refractivity contribution is 0.0757. The Bertz CT molecular complexity index is 575. The highest BCUT2D eigenvalue weighted by Crippen LogP contribution is 2.23. The molecule has 2 heterocycles. The lowest BCUT2D eigenvalue weighted by atomic mass is 10.1. The van der Waals surface area contributed by atoms with Gasteiger partial charge in [0, 0.05) is 31.7 Å². The van der Waals surface area contributed by atoms with Crippen LogP contribution in [0.2, 0.25) is 0 Å². The molecule has 1 amide bonds. The molecule has 1 aliphatic rings. The molecule has 1 atom stereocenters. The molecule has 22 heavy (non-hydrogen) atoms. The third-order valence-electron chi connectivity index (χ3n) is 4.72. The van der Waals surface area contributed by atoms with Crippen LogP contribution in [0.25, 0.3) is 0 Å². The topological polar surface area (TPSA) is 56.4 Å². The molecule has 0 radical (unpaired) electrons. The Morgan fingerprint density at radius 1 is 1.18 bits per heavy atom. The Balaban J connectivity index is 2.20. The molecule has 1 saturated heterocycles. The van der Waals surface area contributed by atoms with Crippen molar-refractivity contribution in [3.05, 3.63) is 22.5 Å². The number of hydrogen-bond acceptors (Lipinski definition) is 3. The highest BCUT2D eigenvalue weighted by molar-refractivity contribution is 6.02. The van der Waals surface area contributed by atoms with Crippen LogP contribution >= 0.6 is 0 Å². The summed E-state index contributed by atoms with van der Waals surface area (Å²) in [7, 11) is 4.20. The minimum atomic E-state index is -0.0248. The normalized spacial score (nSPS) is 19.4. The fraction of sp³-hybridized carbons (Fsp3) is 0.647. The molecule has 0 bridgehead atoms. The van der Waals surface area contributed by atoms with E-state index in [1.807, 2.05) is 18.7 Å². The van der Waals surface area contributed by atoms with Gasteiger partial charge in [0.15, 0.2) is 5.78 Å². The number of amides is 1. The van der Waals surface area contributed by atoms with Crippen molar-refractivity contribution in [2.45, 2.75) is 46.1 Å². The lowest BCUT2D eigenvalue weighted by Crippen LogP contribution is -2.34. The minimum absolute atomic E-state index is 0.0248. The van der Waals surface area contributed by atoms with Gasteiger partial charge in [-0.1, -0.05) is 0 Å². The molecule has 5 nitrogen and oxygen atoms in total. The van der Waals surface area contributed by atoms with E-state index in [2.05, 4.69) is 24.0 Å². The first-order valence-electron chi connectivity index (χ1n) is 7.98. The van der Waals surface area contributed by atoms with Crippen molar-refractivity contribution in [1.29, 1.82) is 0 Å². The van der Waals surface area contributed by atoms with E-state index in [-0.39, 0.29) is 11.7 Å². The summed E-state index contributed by atoms with van der Waals surface area (Å²) in [6.07, 6.45) is 3.15. The minimum Gasteiger partial charge on any atom is -0.355 e. The van der Waals surface area contributed by atoms with E-state index in [0.29, 0.717) is 17.3 Å². The Kier molecular flexibility index (Phi) is 5.06. The van der Waals surface area contributed by atoms with Crippen molar-refractivity contribution >= 4 is 11.7 Å². The second-order valence-electron chi connectivity index (χ2n) is 6.52. The smallest absolute Gasteiger partial charge is 0.255 e. The van der Waals surface area contributed by atoms with Gasteiger partial charge in [0.25, 0.3) is 5.91 Å². The molecule has 0 saturated carbocycles. The van der Waals surface area contributed by atoms with E-state index in [0.717, 1.165) is 43.6 Å². The predicted molar refractivity (Wildman–Crippen MR) is 87.5 cm³/mol. The quantitative estimate of drug-likeness (QED) is 0.872. The van der Waals surface area contributed by atoms with E-state index in [1.54, 1.807) is 0 Å². The third-order valence-corrected chi connectivity index (χ3v) is 4.72. The largest absolute Gasteiger partial charge is 0.355 e. The maximum Gasteiger partial charge on any atom is 0.255 e. The zero-order chi connectivity index (χ0) is 16.4. The van der Waals surface area contributed by atoms with E-state index in [4.69, 9.17) is 0 Å². The Labute approximate surface area is 132 Å². The molecule has 2 rings (SSSR count). The molecule has 5 heteroatoms. The van der Waals surface area contributed by atoms with Crippen molar-refractivity contribution in [2.24, 2.45) is 0 Å². The third kappa shape index (κ3) is 3.24. The number of Topliss-reactive ketones (excluding diaryl/α,β-unsaturated/α-hetero) is 1. The Morgan fingerprint density at radius 2 is 1.86 bits per heavy atom. The van der Waals surface area contributed by atoms with E-state index in [9.17, 15) is 9.59 Å². The Hall–Kier alpha value is -1.62. The highest BCUT2D eigenvalue weighted by Gasteiger charge is 2.27. The average molecular weight is 305 g/mol. The standard InChI is InChI=1S/C17H27N3O2/c1-11-15(12(2)18-16(11)13(3)21)17(22)20-9-6-7-14(8-10-20)19(4)5/h14,18H,6-10H2,1-5H3. The van der Waals surface area contributed by atoms with Crippen LogP contribution in [-0.4, -0.2) is 59.7 Å². The Morgan fingerprint density at radius 3 is 2.41 bits per heavy atom. The van der Waals surface area contributed by atoms with Gasteiger partial charge in [-0.2, -0.15) is 0 Å². The number of nitrogens with one attached hydrogen (secondary N) is 1. The van der Waals surface area contributed by atoms with Crippen molar-refractivity contribution in [3.63, 3.8) is 0 Å².